The maximum atomic E-state index is 12.6. The first-order chi connectivity index (χ1) is 13.0. The standard InChI is InChI=1S/C19H19ClN4O3/c1-12(14-9-8-13(26-2)10-18(14)27-3)21-19(25)16-11-24(23-22-16)17-7-5-4-6-15(17)20/h4-12H,1-3H3,(H,21,25). The van der Waals surface area contributed by atoms with Gasteiger partial charge in [-0.25, -0.2) is 4.68 Å². The van der Waals surface area contributed by atoms with Crippen LogP contribution in [0.2, 0.25) is 5.02 Å². The average molecular weight is 387 g/mol. The Hall–Kier alpha value is -3.06. The summed E-state index contributed by atoms with van der Waals surface area (Å²) in [6.07, 6.45) is 1.54. The van der Waals surface area contributed by atoms with E-state index in [9.17, 15) is 4.79 Å². The van der Waals surface area contributed by atoms with Crippen molar-refractivity contribution in [2.45, 2.75) is 13.0 Å². The molecule has 1 aromatic heterocycles. The van der Waals surface area contributed by atoms with Crippen LogP contribution in [0.5, 0.6) is 11.5 Å². The van der Waals surface area contributed by atoms with Crippen LogP contribution in [-0.4, -0.2) is 35.1 Å². The molecule has 7 nitrogen and oxygen atoms in total. The van der Waals surface area contributed by atoms with Crippen LogP contribution in [0, 0.1) is 0 Å². The molecular formula is C19H19ClN4O3. The number of ether oxygens (including phenoxy) is 2. The fourth-order valence-corrected chi connectivity index (χ4v) is 2.87. The lowest BCUT2D eigenvalue weighted by Gasteiger charge is -2.17. The van der Waals surface area contributed by atoms with E-state index < -0.39 is 0 Å². The predicted octanol–water partition coefficient (Wildman–Crippen LogP) is 3.43. The van der Waals surface area contributed by atoms with Gasteiger partial charge >= 0.3 is 0 Å². The SMILES string of the molecule is COc1ccc(C(C)NC(=O)c2cn(-c3ccccc3Cl)nn2)c(OC)c1. The third kappa shape index (κ3) is 4.03. The Bertz CT molecular complexity index is 958. The molecule has 1 unspecified atom stereocenters. The van der Waals surface area contributed by atoms with Crippen molar-refractivity contribution in [3.05, 3.63) is 64.9 Å². The molecular weight excluding hydrogens is 368 g/mol. The summed E-state index contributed by atoms with van der Waals surface area (Å²) in [6, 6.07) is 12.3. The molecule has 0 fully saturated rings. The highest BCUT2D eigenvalue weighted by molar-refractivity contribution is 6.32. The monoisotopic (exact) mass is 386 g/mol. The molecule has 0 aliphatic carbocycles. The Morgan fingerprint density at radius 3 is 2.67 bits per heavy atom. The van der Waals surface area contributed by atoms with Crippen molar-refractivity contribution in [3.8, 4) is 17.2 Å². The number of carbonyl (C=O) groups is 1. The Labute approximate surface area is 161 Å². The van der Waals surface area contributed by atoms with Crippen molar-refractivity contribution in [3.63, 3.8) is 0 Å². The number of nitrogens with zero attached hydrogens (tertiary/aromatic N) is 3. The van der Waals surface area contributed by atoms with Gasteiger partial charge in [-0.15, -0.1) is 5.10 Å². The molecule has 3 aromatic rings. The summed E-state index contributed by atoms with van der Waals surface area (Å²) in [4.78, 5) is 12.6. The lowest BCUT2D eigenvalue weighted by Crippen LogP contribution is -2.27. The van der Waals surface area contributed by atoms with Gasteiger partial charge in [-0.3, -0.25) is 4.79 Å². The minimum atomic E-state index is -0.348. The summed E-state index contributed by atoms with van der Waals surface area (Å²) in [5, 5.41) is 11.3. The smallest absolute Gasteiger partial charge is 0.273 e. The second kappa shape index (κ2) is 8.09. The molecule has 8 heteroatoms. The highest BCUT2D eigenvalue weighted by atomic mass is 35.5. The summed E-state index contributed by atoms with van der Waals surface area (Å²) in [6.45, 7) is 1.86. The molecule has 140 valence electrons. The molecule has 1 heterocycles. The zero-order valence-electron chi connectivity index (χ0n) is 15.1. The summed E-state index contributed by atoms with van der Waals surface area (Å²) in [7, 11) is 3.16. The molecule has 0 radical (unpaired) electrons. The molecule has 0 aliphatic heterocycles. The van der Waals surface area contributed by atoms with E-state index in [4.69, 9.17) is 21.1 Å². The van der Waals surface area contributed by atoms with Gasteiger partial charge < -0.3 is 14.8 Å². The van der Waals surface area contributed by atoms with Gasteiger partial charge in [0, 0.05) is 11.6 Å². The lowest BCUT2D eigenvalue weighted by molar-refractivity contribution is 0.0934. The van der Waals surface area contributed by atoms with Crippen LogP contribution in [0.15, 0.2) is 48.7 Å². The van der Waals surface area contributed by atoms with E-state index in [1.165, 1.54) is 10.9 Å². The van der Waals surface area contributed by atoms with Gasteiger partial charge in [0.05, 0.1) is 37.2 Å². The van der Waals surface area contributed by atoms with E-state index in [2.05, 4.69) is 15.6 Å². The molecule has 2 aromatic carbocycles. The van der Waals surface area contributed by atoms with Crippen LogP contribution < -0.4 is 14.8 Å². The number of para-hydroxylation sites is 1. The Morgan fingerprint density at radius 2 is 1.96 bits per heavy atom. The number of aromatic nitrogens is 3. The number of rotatable bonds is 6. The quantitative estimate of drug-likeness (QED) is 0.702. The highest BCUT2D eigenvalue weighted by Crippen LogP contribution is 2.29. The number of benzene rings is 2. The number of amides is 1. The van der Waals surface area contributed by atoms with E-state index in [1.807, 2.05) is 31.2 Å². The molecule has 0 aliphatic rings. The molecule has 0 bridgehead atoms. The van der Waals surface area contributed by atoms with E-state index in [0.29, 0.717) is 22.2 Å². The van der Waals surface area contributed by atoms with Gasteiger partial charge in [0.25, 0.3) is 5.91 Å². The topological polar surface area (TPSA) is 78.3 Å². The molecule has 3 rings (SSSR count). The van der Waals surface area contributed by atoms with Crippen LogP contribution in [0.4, 0.5) is 0 Å². The molecule has 0 saturated carbocycles. The van der Waals surface area contributed by atoms with Crippen molar-refractivity contribution < 1.29 is 14.3 Å². The Kier molecular flexibility index (Phi) is 5.61. The van der Waals surface area contributed by atoms with Gasteiger partial charge in [0.15, 0.2) is 5.69 Å². The minimum Gasteiger partial charge on any atom is -0.497 e. The molecule has 1 N–H and O–H groups in total. The predicted molar refractivity (Wildman–Crippen MR) is 102 cm³/mol. The van der Waals surface area contributed by atoms with Gasteiger partial charge in [-0.05, 0) is 31.2 Å². The van der Waals surface area contributed by atoms with Crippen LogP contribution in [0.3, 0.4) is 0 Å². The number of carbonyl (C=O) groups excluding carboxylic acids is 1. The number of hydrogen-bond acceptors (Lipinski definition) is 5. The molecule has 0 spiro atoms. The van der Waals surface area contributed by atoms with Crippen molar-refractivity contribution in [1.29, 1.82) is 0 Å². The third-order valence-electron chi connectivity index (χ3n) is 4.08. The summed E-state index contributed by atoms with van der Waals surface area (Å²) >= 11 is 6.16. The maximum Gasteiger partial charge on any atom is 0.273 e. The van der Waals surface area contributed by atoms with E-state index in [0.717, 1.165) is 5.56 Å². The fourth-order valence-electron chi connectivity index (χ4n) is 2.65. The van der Waals surface area contributed by atoms with Gasteiger partial charge in [-0.1, -0.05) is 28.9 Å². The van der Waals surface area contributed by atoms with Crippen LogP contribution in [0.25, 0.3) is 5.69 Å². The second-order valence-corrected chi connectivity index (χ2v) is 6.21. The number of nitrogens with one attached hydrogen (secondary N) is 1. The minimum absolute atomic E-state index is 0.189. The Balaban J connectivity index is 1.77. The number of hydrogen-bond donors (Lipinski definition) is 1. The van der Waals surface area contributed by atoms with E-state index >= 15 is 0 Å². The van der Waals surface area contributed by atoms with Crippen LogP contribution in [0.1, 0.15) is 29.0 Å². The van der Waals surface area contributed by atoms with E-state index in [1.54, 1.807) is 32.4 Å². The number of methoxy groups -OCH3 is 2. The molecule has 0 saturated heterocycles. The first-order valence-corrected chi connectivity index (χ1v) is 8.61. The first-order valence-electron chi connectivity index (χ1n) is 8.23. The van der Waals surface area contributed by atoms with Gasteiger partial charge in [0.2, 0.25) is 0 Å². The lowest BCUT2D eigenvalue weighted by atomic mass is 10.1. The number of halogens is 1. The largest absolute Gasteiger partial charge is 0.497 e. The zero-order valence-corrected chi connectivity index (χ0v) is 15.9. The molecule has 1 amide bonds. The fraction of sp³-hybridized carbons (Fsp3) is 0.211. The summed E-state index contributed by atoms with van der Waals surface area (Å²) < 4.78 is 12.1. The van der Waals surface area contributed by atoms with Crippen molar-refractivity contribution in [2.75, 3.05) is 14.2 Å². The van der Waals surface area contributed by atoms with Crippen molar-refractivity contribution in [1.82, 2.24) is 20.3 Å². The summed E-state index contributed by atoms with van der Waals surface area (Å²) in [5.74, 6) is 0.956. The van der Waals surface area contributed by atoms with Crippen molar-refractivity contribution >= 4 is 17.5 Å². The first kappa shape index (κ1) is 18.7. The highest BCUT2D eigenvalue weighted by Gasteiger charge is 2.18. The average Bonchev–Trinajstić information content (AvgIpc) is 3.17. The summed E-state index contributed by atoms with van der Waals surface area (Å²) in [5.41, 5.74) is 1.66. The van der Waals surface area contributed by atoms with Crippen LogP contribution >= 0.6 is 11.6 Å². The zero-order chi connectivity index (χ0) is 19.4. The van der Waals surface area contributed by atoms with Gasteiger partial charge in [0.1, 0.15) is 11.5 Å². The second-order valence-electron chi connectivity index (χ2n) is 5.80. The van der Waals surface area contributed by atoms with E-state index in [-0.39, 0.29) is 17.6 Å². The molecule has 1 atom stereocenters. The van der Waals surface area contributed by atoms with Gasteiger partial charge in [-0.2, -0.15) is 0 Å². The maximum absolute atomic E-state index is 12.6. The molecule has 27 heavy (non-hydrogen) atoms. The van der Waals surface area contributed by atoms with Crippen LogP contribution in [-0.2, 0) is 0 Å². The van der Waals surface area contributed by atoms with Crippen molar-refractivity contribution in [2.24, 2.45) is 0 Å². The Morgan fingerprint density at radius 1 is 1.19 bits per heavy atom. The normalized spacial score (nSPS) is 11.7. The third-order valence-corrected chi connectivity index (χ3v) is 4.40.